The van der Waals surface area contributed by atoms with Crippen LogP contribution in [-0.4, -0.2) is 33.8 Å². The van der Waals surface area contributed by atoms with Crippen LogP contribution in [-0.2, 0) is 0 Å². The Morgan fingerprint density at radius 2 is 1.95 bits per heavy atom. The van der Waals surface area contributed by atoms with Gasteiger partial charge in [-0.25, -0.2) is 0 Å². The molecular formula is C15H27N5S. The number of anilines is 2. The first-order chi connectivity index (χ1) is 9.82. The van der Waals surface area contributed by atoms with E-state index in [-0.39, 0.29) is 0 Å². The Hall–Kier alpha value is -1.04. The standard InChI is InChI=1S/C15H27N5S/c1-9(2)16-13-12(14(21-6)19-20-18-13)17-11-8-15(4,5)7-10(11)3/h9-11H,7-8H2,1-6H3,(H,17,20)(H,16,18,19). The molecule has 118 valence electrons. The van der Waals surface area contributed by atoms with E-state index in [1.54, 1.807) is 11.8 Å². The fourth-order valence-electron chi connectivity index (χ4n) is 3.23. The Balaban J connectivity index is 2.25. The highest BCUT2D eigenvalue weighted by atomic mass is 32.2. The quantitative estimate of drug-likeness (QED) is 0.810. The number of rotatable bonds is 5. The molecule has 2 atom stereocenters. The van der Waals surface area contributed by atoms with Crippen molar-refractivity contribution in [3.63, 3.8) is 0 Å². The van der Waals surface area contributed by atoms with E-state index in [4.69, 9.17) is 0 Å². The van der Waals surface area contributed by atoms with Crippen LogP contribution in [0.15, 0.2) is 5.03 Å². The zero-order valence-corrected chi connectivity index (χ0v) is 14.7. The normalized spacial score (nSPS) is 24.3. The van der Waals surface area contributed by atoms with Crippen molar-refractivity contribution in [3.8, 4) is 0 Å². The molecule has 1 heterocycles. The molecule has 2 N–H and O–H groups in total. The highest BCUT2D eigenvalue weighted by molar-refractivity contribution is 7.98. The third-order valence-corrected chi connectivity index (χ3v) is 4.69. The van der Waals surface area contributed by atoms with Crippen LogP contribution in [0, 0.1) is 11.3 Å². The Morgan fingerprint density at radius 1 is 1.24 bits per heavy atom. The fourth-order valence-corrected chi connectivity index (χ4v) is 3.71. The number of nitrogens with zero attached hydrogens (tertiary/aromatic N) is 3. The zero-order valence-electron chi connectivity index (χ0n) is 13.9. The van der Waals surface area contributed by atoms with Crippen LogP contribution in [0.2, 0.25) is 0 Å². The lowest BCUT2D eigenvalue weighted by atomic mass is 9.91. The van der Waals surface area contributed by atoms with Crippen LogP contribution in [0.1, 0.15) is 47.5 Å². The molecule has 1 aromatic heterocycles. The van der Waals surface area contributed by atoms with E-state index in [1.807, 2.05) is 6.26 Å². The molecule has 0 spiro atoms. The van der Waals surface area contributed by atoms with E-state index in [1.165, 1.54) is 12.8 Å². The molecule has 0 radical (unpaired) electrons. The molecule has 0 amide bonds. The van der Waals surface area contributed by atoms with Crippen LogP contribution < -0.4 is 10.6 Å². The van der Waals surface area contributed by atoms with Gasteiger partial charge in [0.2, 0.25) is 0 Å². The van der Waals surface area contributed by atoms with Crippen molar-refractivity contribution in [3.05, 3.63) is 0 Å². The van der Waals surface area contributed by atoms with Crippen molar-refractivity contribution in [1.29, 1.82) is 0 Å². The maximum absolute atomic E-state index is 4.18. The number of nitrogens with one attached hydrogen (secondary N) is 2. The minimum absolute atomic E-state index is 0.314. The Labute approximate surface area is 132 Å². The Kier molecular flexibility index (Phi) is 4.96. The second kappa shape index (κ2) is 6.38. The predicted molar refractivity (Wildman–Crippen MR) is 90.0 cm³/mol. The largest absolute Gasteiger partial charge is 0.377 e. The van der Waals surface area contributed by atoms with Crippen molar-refractivity contribution in [2.75, 3.05) is 16.9 Å². The van der Waals surface area contributed by atoms with E-state index in [9.17, 15) is 0 Å². The molecular weight excluding hydrogens is 282 g/mol. The van der Waals surface area contributed by atoms with Crippen LogP contribution in [0.5, 0.6) is 0 Å². The lowest BCUT2D eigenvalue weighted by molar-refractivity contribution is 0.366. The van der Waals surface area contributed by atoms with E-state index in [0.717, 1.165) is 16.5 Å². The molecule has 2 unspecified atom stereocenters. The lowest BCUT2D eigenvalue weighted by Gasteiger charge is -2.23. The van der Waals surface area contributed by atoms with E-state index < -0.39 is 0 Å². The van der Waals surface area contributed by atoms with Crippen LogP contribution >= 0.6 is 11.8 Å². The molecule has 1 aliphatic carbocycles. The Bertz CT molecular complexity index is 489. The summed E-state index contributed by atoms with van der Waals surface area (Å²) in [6.07, 6.45) is 4.44. The summed E-state index contributed by atoms with van der Waals surface area (Å²) < 4.78 is 0. The highest BCUT2D eigenvalue weighted by Gasteiger charge is 2.37. The molecule has 0 aromatic carbocycles. The molecule has 0 saturated heterocycles. The SMILES string of the molecule is CSc1nnnc(NC(C)C)c1NC1CC(C)(C)CC1C. The van der Waals surface area contributed by atoms with Crippen molar-refractivity contribution >= 4 is 23.3 Å². The zero-order chi connectivity index (χ0) is 15.6. The van der Waals surface area contributed by atoms with Crippen molar-refractivity contribution in [2.45, 2.75) is 64.6 Å². The van der Waals surface area contributed by atoms with Crippen LogP contribution in [0.3, 0.4) is 0 Å². The number of thioether (sulfide) groups is 1. The molecule has 2 rings (SSSR count). The van der Waals surface area contributed by atoms with E-state index in [2.05, 4.69) is 60.7 Å². The molecule has 1 saturated carbocycles. The first kappa shape index (κ1) is 16.3. The average molecular weight is 309 g/mol. The lowest BCUT2D eigenvalue weighted by Crippen LogP contribution is -2.25. The molecule has 5 nitrogen and oxygen atoms in total. The monoisotopic (exact) mass is 309 g/mol. The summed E-state index contributed by atoms with van der Waals surface area (Å²) >= 11 is 1.61. The van der Waals surface area contributed by atoms with Gasteiger partial charge in [0, 0.05) is 12.1 Å². The smallest absolute Gasteiger partial charge is 0.176 e. The summed E-state index contributed by atoms with van der Waals surface area (Å²) in [7, 11) is 0. The van der Waals surface area contributed by atoms with Gasteiger partial charge in [-0.3, -0.25) is 0 Å². The van der Waals surface area contributed by atoms with Gasteiger partial charge in [-0.15, -0.1) is 22.0 Å². The summed E-state index contributed by atoms with van der Waals surface area (Å²) in [5.41, 5.74) is 1.40. The molecule has 1 fully saturated rings. The molecule has 1 aromatic rings. The predicted octanol–water partition coefficient (Wildman–Crippen LogP) is 3.65. The van der Waals surface area contributed by atoms with Gasteiger partial charge in [-0.2, -0.15) is 0 Å². The maximum Gasteiger partial charge on any atom is 0.176 e. The summed E-state index contributed by atoms with van der Waals surface area (Å²) in [6, 6.07) is 0.777. The van der Waals surface area contributed by atoms with Gasteiger partial charge in [0.15, 0.2) is 5.82 Å². The van der Waals surface area contributed by atoms with Crippen molar-refractivity contribution < 1.29 is 0 Å². The second-order valence-corrected chi connectivity index (χ2v) is 7.92. The van der Waals surface area contributed by atoms with Gasteiger partial charge < -0.3 is 10.6 Å². The maximum atomic E-state index is 4.18. The van der Waals surface area contributed by atoms with Gasteiger partial charge in [-0.05, 0) is 49.5 Å². The first-order valence-corrected chi connectivity index (χ1v) is 8.85. The summed E-state index contributed by atoms with van der Waals surface area (Å²) in [5.74, 6) is 1.45. The van der Waals surface area contributed by atoms with E-state index >= 15 is 0 Å². The van der Waals surface area contributed by atoms with Gasteiger partial charge in [-0.1, -0.05) is 20.8 Å². The fraction of sp³-hybridized carbons (Fsp3) is 0.800. The summed E-state index contributed by atoms with van der Waals surface area (Å²) in [6.45, 7) is 11.2. The topological polar surface area (TPSA) is 62.7 Å². The number of aromatic nitrogens is 3. The van der Waals surface area contributed by atoms with Crippen LogP contribution in [0.4, 0.5) is 11.5 Å². The number of hydrogen-bond donors (Lipinski definition) is 2. The molecule has 1 aliphatic rings. The minimum atomic E-state index is 0.314. The van der Waals surface area contributed by atoms with E-state index in [0.29, 0.717) is 23.4 Å². The average Bonchev–Trinajstić information content (AvgIpc) is 2.63. The number of hydrogen-bond acceptors (Lipinski definition) is 6. The van der Waals surface area contributed by atoms with Crippen molar-refractivity contribution in [1.82, 2.24) is 15.4 Å². The van der Waals surface area contributed by atoms with Crippen LogP contribution in [0.25, 0.3) is 0 Å². The summed E-state index contributed by atoms with van der Waals surface area (Å²) in [4.78, 5) is 0. The molecule has 6 heteroatoms. The highest BCUT2D eigenvalue weighted by Crippen LogP contribution is 2.43. The van der Waals surface area contributed by atoms with Gasteiger partial charge >= 0.3 is 0 Å². The third kappa shape index (κ3) is 3.99. The van der Waals surface area contributed by atoms with Gasteiger partial charge in [0.25, 0.3) is 0 Å². The molecule has 21 heavy (non-hydrogen) atoms. The minimum Gasteiger partial charge on any atom is -0.377 e. The van der Waals surface area contributed by atoms with Crippen molar-refractivity contribution in [2.24, 2.45) is 11.3 Å². The second-order valence-electron chi connectivity index (χ2n) is 7.12. The third-order valence-electron chi connectivity index (χ3n) is 4.01. The van der Waals surface area contributed by atoms with Gasteiger partial charge in [0.05, 0.1) is 0 Å². The Morgan fingerprint density at radius 3 is 2.48 bits per heavy atom. The first-order valence-electron chi connectivity index (χ1n) is 7.63. The molecule has 0 aliphatic heterocycles. The summed E-state index contributed by atoms with van der Waals surface area (Å²) in [5, 5.41) is 20.2. The molecule has 0 bridgehead atoms. The van der Waals surface area contributed by atoms with Gasteiger partial charge in [0.1, 0.15) is 10.7 Å².